The molecule has 0 spiro atoms. The van der Waals surface area contributed by atoms with Crippen molar-refractivity contribution in [3.05, 3.63) is 58.7 Å². The van der Waals surface area contributed by atoms with Crippen molar-refractivity contribution in [3.63, 3.8) is 0 Å². The number of para-hydroxylation sites is 1. The Balaban J connectivity index is 0.000000392. The van der Waals surface area contributed by atoms with Crippen molar-refractivity contribution in [2.24, 2.45) is 5.92 Å². The molecule has 280 valence electrons. The Morgan fingerprint density at radius 3 is 2.06 bits per heavy atom. The van der Waals surface area contributed by atoms with Crippen LogP contribution in [-0.4, -0.2) is 102 Å². The lowest BCUT2D eigenvalue weighted by atomic mass is 9.99. The van der Waals surface area contributed by atoms with Gasteiger partial charge in [-0.15, -0.1) is 0 Å². The van der Waals surface area contributed by atoms with Crippen LogP contribution in [0, 0.1) is 26.7 Å². The van der Waals surface area contributed by atoms with E-state index in [9.17, 15) is 19.5 Å². The van der Waals surface area contributed by atoms with E-state index >= 15 is 0 Å². The average Bonchev–Trinajstić information content (AvgIpc) is 3.11. The highest BCUT2D eigenvalue weighted by atomic mass is 16.6. The molecule has 4 rings (SSSR count). The summed E-state index contributed by atoms with van der Waals surface area (Å²) in [6.07, 6.45) is 8.76. The van der Waals surface area contributed by atoms with Crippen LogP contribution >= 0.6 is 0 Å². The van der Waals surface area contributed by atoms with Crippen LogP contribution in [0.4, 0.5) is 10.5 Å². The maximum absolute atomic E-state index is 12.4. The van der Waals surface area contributed by atoms with Gasteiger partial charge >= 0.3 is 6.09 Å². The number of aromatic hydroxyl groups is 1. The second-order valence-electron chi connectivity index (χ2n) is 13.8. The minimum absolute atomic E-state index is 0.0370. The minimum atomic E-state index is -0.442. The zero-order chi connectivity index (χ0) is 37.1. The molecule has 10 nitrogen and oxygen atoms in total. The van der Waals surface area contributed by atoms with Gasteiger partial charge in [-0.25, -0.2) is 4.79 Å². The number of anilines is 1. The molecular weight excluding hydrogens is 632 g/mol. The van der Waals surface area contributed by atoms with Gasteiger partial charge in [0.25, 0.3) is 5.91 Å². The molecule has 10 heteroatoms. The number of phenolic OH excluding ortho intramolecular Hbond substituents is 1. The molecule has 0 bridgehead atoms. The molecule has 0 saturated carbocycles. The maximum Gasteiger partial charge on any atom is 0.410 e. The first kappa shape index (κ1) is 42.4. The second-order valence-corrected chi connectivity index (χ2v) is 13.8. The van der Waals surface area contributed by atoms with Crippen LogP contribution in [0.2, 0.25) is 0 Å². The fraction of sp³-hybridized carbons (Fsp3) is 0.625. The molecule has 0 radical (unpaired) electrons. The van der Waals surface area contributed by atoms with E-state index in [1.807, 2.05) is 63.1 Å². The number of hydrogen-bond acceptors (Lipinski definition) is 7. The number of carbonyl (C=O) groups is 3. The Hall–Kier alpha value is -3.79. The third-order valence-electron chi connectivity index (χ3n) is 9.59. The van der Waals surface area contributed by atoms with E-state index < -0.39 is 6.09 Å². The molecule has 2 aliphatic rings. The van der Waals surface area contributed by atoms with E-state index in [1.165, 1.54) is 11.1 Å². The summed E-state index contributed by atoms with van der Waals surface area (Å²) >= 11 is 0. The quantitative estimate of drug-likeness (QED) is 0.208. The van der Waals surface area contributed by atoms with Crippen molar-refractivity contribution in [1.29, 1.82) is 0 Å². The first-order valence-corrected chi connectivity index (χ1v) is 18.5. The predicted molar refractivity (Wildman–Crippen MR) is 202 cm³/mol. The average molecular weight is 697 g/mol. The predicted octanol–water partition coefficient (Wildman–Crippen LogP) is 6.85. The molecule has 2 aliphatic heterocycles. The van der Waals surface area contributed by atoms with Crippen LogP contribution in [0.1, 0.15) is 94.4 Å². The molecule has 50 heavy (non-hydrogen) atoms. The molecule has 0 aliphatic carbocycles. The van der Waals surface area contributed by atoms with Gasteiger partial charge in [0, 0.05) is 51.5 Å². The molecule has 2 saturated heterocycles. The SMILES string of the molecule is CCCC(O)CCC.CNc1ccccc1CCN(C=O)C1CCN(C(=O)OCC(=O)N2CCC(C)CC2)CC1.Cc1cc(C)c(O)c(C)c1. The Morgan fingerprint density at radius 1 is 0.960 bits per heavy atom. The Labute approximate surface area is 301 Å². The van der Waals surface area contributed by atoms with Crippen LogP contribution in [0.25, 0.3) is 0 Å². The van der Waals surface area contributed by atoms with Crippen molar-refractivity contribution in [3.8, 4) is 5.75 Å². The number of nitrogens with zero attached hydrogens (tertiary/aromatic N) is 3. The zero-order valence-corrected chi connectivity index (χ0v) is 31.7. The lowest BCUT2D eigenvalue weighted by Gasteiger charge is -2.36. The largest absolute Gasteiger partial charge is 0.507 e. The van der Waals surface area contributed by atoms with E-state index in [0.717, 1.165) is 81.3 Å². The first-order valence-electron chi connectivity index (χ1n) is 18.5. The fourth-order valence-electron chi connectivity index (χ4n) is 6.48. The highest BCUT2D eigenvalue weighted by molar-refractivity contribution is 5.80. The fourth-order valence-corrected chi connectivity index (χ4v) is 6.48. The molecule has 2 aromatic rings. The van der Waals surface area contributed by atoms with E-state index in [0.29, 0.717) is 44.1 Å². The number of likely N-dealkylation sites (tertiary alicyclic amines) is 2. The van der Waals surface area contributed by atoms with Crippen LogP contribution in [-0.2, 0) is 20.7 Å². The number of hydrogen-bond donors (Lipinski definition) is 3. The molecule has 2 aromatic carbocycles. The van der Waals surface area contributed by atoms with Crippen molar-refractivity contribution < 1.29 is 29.3 Å². The summed E-state index contributed by atoms with van der Waals surface area (Å²) in [5.74, 6) is 0.951. The summed E-state index contributed by atoms with van der Waals surface area (Å²) in [6.45, 7) is 15.2. The van der Waals surface area contributed by atoms with E-state index in [1.54, 1.807) is 9.80 Å². The van der Waals surface area contributed by atoms with Gasteiger partial charge in [0.2, 0.25) is 6.41 Å². The van der Waals surface area contributed by atoms with Gasteiger partial charge in [-0.2, -0.15) is 0 Å². The van der Waals surface area contributed by atoms with Gasteiger partial charge in [-0.05, 0) is 94.4 Å². The Kier molecular flexibility index (Phi) is 19.4. The number of amides is 3. The lowest BCUT2D eigenvalue weighted by Crippen LogP contribution is -2.47. The number of ether oxygens (including phenoxy) is 1. The molecule has 0 atom stereocenters. The first-order chi connectivity index (χ1) is 23.9. The summed E-state index contributed by atoms with van der Waals surface area (Å²) in [4.78, 5) is 41.7. The number of rotatable bonds is 12. The molecular formula is C40H64N4O6. The lowest BCUT2D eigenvalue weighted by molar-refractivity contribution is -0.136. The van der Waals surface area contributed by atoms with E-state index in [2.05, 4.69) is 32.2 Å². The van der Waals surface area contributed by atoms with Crippen LogP contribution in [0.3, 0.4) is 0 Å². The molecule has 0 unspecified atom stereocenters. The molecule has 3 amide bonds. The standard InChI is InChI=1S/C24H36N4O4.C9H12O.C7H16O/c1-19-7-12-26(13-8-19)23(30)17-32-24(31)27-15-10-21(11-16-27)28(18-29)14-9-20-5-3-4-6-22(20)25-2;1-6-4-7(2)9(10)8(3)5-6;1-3-5-7(8)6-4-2/h3-6,18-19,21,25H,7-17H2,1-2H3;4-5,10H,1-3H3;7-8H,3-6H2,1-2H3. The monoisotopic (exact) mass is 696 g/mol. The number of phenols is 1. The van der Waals surface area contributed by atoms with Gasteiger partial charge in [0.15, 0.2) is 6.61 Å². The highest BCUT2D eigenvalue weighted by Gasteiger charge is 2.28. The normalized spacial score (nSPS) is 15.0. The minimum Gasteiger partial charge on any atom is -0.507 e. The van der Waals surface area contributed by atoms with Gasteiger partial charge in [-0.3, -0.25) is 9.59 Å². The van der Waals surface area contributed by atoms with Crippen LogP contribution in [0.5, 0.6) is 5.75 Å². The summed E-state index contributed by atoms with van der Waals surface area (Å²) in [6, 6.07) is 12.1. The summed E-state index contributed by atoms with van der Waals surface area (Å²) in [5.41, 5.74) is 5.36. The van der Waals surface area contributed by atoms with Crippen molar-refractivity contribution in [2.75, 3.05) is 51.7 Å². The molecule has 2 fully saturated rings. The van der Waals surface area contributed by atoms with Gasteiger partial charge in [0.1, 0.15) is 5.75 Å². The highest BCUT2D eigenvalue weighted by Crippen LogP contribution is 2.22. The number of aryl methyl sites for hydroxylation is 3. The summed E-state index contributed by atoms with van der Waals surface area (Å²) in [5, 5.41) is 21.6. The van der Waals surface area contributed by atoms with Crippen molar-refractivity contribution in [2.45, 2.75) is 111 Å². The zero-order valence-electron chi connectivity index (χ0n) is 31.7. The van der Waals surface area contributed by atoms with Crippen molar-refractivity contribution >= 4 is 24.1 Å². The number of aliphatic hydroxyl groups is 1. The number of benzene rings is 2. The molecule has 2 heterocycles. The Morgan fingerprint density at radius 2 is 1.52 bits per heavy atom. The Bertz CT molecular complexity index is 1280. The van der Waals surface area contributed by atoms with Gasteiger partial charge in [0.05, 0.1) is 6.10 Å². The topological polar surface area (TPSA) is 123 Å². The van der Waals surface area contributed by atoms with E-state index in [-0.39, 0.29) is 24.7 Å². The number of carbonyl (C=O) groups excluding carboxylic acids is 3. The molecule has 3 N–H and O–H groups in total. The number of piperidine rings is 2. The smallest absolute Gasteiger partial charge is 0.410 e. The third-order valence-corrected chi connectivity index (χ3v) is 9.59. The number of aliphatic hydroxyl groups excluding tert-OH is 1. The molecule has 0 aromatic heterocycles. The van der Waals surface area contributed by atoms with Gasteiger partial charge < -0.3 is 35.0 Å². The second kappa shape index (κ2) is 22.8. The van der Waals surface area contributed by atoms with Crippen LogP contribution in [0.15, 0.2) is 36.4 Å². The number of nitrogens with one attached hydrogen (secondary N) is 1. The summed E-state index contributed by atoms with van der Waals surface area (Å²) < 4.78 is 5.28. The van der Waals surface area contributed by atoms with Crippen molar-refractivity contribution in [1.82, 2.24) is 14.7 Å². The van der Waals surface area contributed by atoms with E-state index in [4.69, 9.17) is 9.84 Å². The van der Waals surface area contributed by atoms with Crippen LogP contribution < -0.4 is 5.32 Å². The third kappa shape index (κ3) is 14.6. The van der Waals surface area contributed by atoms with Gasteiger partial charge in [-0.1, -0.05) is 69.5 Å². The summed E-state index contributed by atoms with van der Waals surface area (Å²) in [7, 11) is 1.89. The maximum atomic E-state index is 12.4.